The summed E-state index contributed by atoms with van der Waals surface area (Å²) in [6.45, 7) is 1.46. The molecule has 2 heterocycles. The van der Waals surface area contributed by atoms with Gasteiger partial charge in [-0.1, -0.05) is 24.3 Å². The van der Waals surface area contributed by atoms with E-state index in [1.807, 2.05) is 23.1 Å². The van der Waals surface area contributed by atoms with Crippen LogP contribution >= 0.6 is 11.8 Å². The number of hydrogen-bond donors (Lipinski definition) is 0. The number of carbonyl (C=O) groups excluding carboxylic acids is 2. The number of carbonyl (C=O) groups is 2. The summed E-state index contributed by atoms with van der Waals surface area (Å²) < 4.78 is 38.9. The molecule has 0 N–H and O–H groups in total. The quantitative estimate of drug-likeness (QED) is 0.698. The number of alkyl halides is 3. The van der Waals surface area contributed by atoms with E-state index in [1.54, 1.807) is 28.8 Å². The Morgan fingerprint density at radius 2 is 1.53 bits per heavy atom. The lowest BCUT2D eigenvalue weighted by Crippen LogP contribution is -2.53. The first kappa shape index (κ1) is 20.8. The maximum Gasteiger partial charge on any atom is 0.416 e. The van der Waals surface area contributed by atoms with Gasteiger partial charge in [0.05, 0.1) is 10.4 Å². The van der Waals surface area contributed by atoms with Gasteiger partial charge in [-0.05, 0) is 43.2 Å². The van der Waals surface area contributed by atoms with E-state index in [2.05, 4.69) is 0 Å². The number of amides is 2. The van der Waals surface area contributed by atoms with E-state index in [1.165, 1.54) is 12.1 Å². The second-order valence-electron chi connectivity index (χ2n) is 7.49. The highest BCUT2D eigenvalue weighted by Gasteiger charge is 2.47. The molecule has 2 aliphatic heterocycles. The standard InChI is InChI=1S/C22H21F3N2O2S/c23-22(24,25)18-8-4-7-17(15-18)19(28)26-11-9-21(10-12-26)27(13-14-30-21)20(29)16-5-2-1-3-6-16/h1-8,15H,9-14H2. The average Bonchev–Trinajstić information content (AvgIpc) is 3.16. The molecular weight excluding hydrogens is 413 g/mol. The summed E-state index contributed by atoms with van der Waals surface area (Å²) in [4.78, 5) is 28.9. The number of likely N-dealkylation sites (tertiary alicyclic amines) is 1. The Bertz CT molecular complexity index is 941. The van der Waals surface area contributed by atoms with Gasteiger partial charge in [0, 0.05) is 36.5 Å². The van der Waals surface area contributed by atoms with E-state index in [9.17, 15) is 22.8 Å². The van der Waals surface area contributed by atoms with Gasteiger partial charge in [-0.2, -0.15) is 13.2 Å². The Balaban J connectivity index is 1.47. The van der Waals surface area contributed by atoms with Crippen LogP contribution in [0.1, 0.15) is 39.1 Å². The third kappa shape index (κ3) is 3.93. The van der Waals surface area contributed by atoms with Crippen LogP contribution in [0.25, 0.3) is 0 Å². The molecule has 2 aliphatic rings. The van der Waals surface area contributed by atoms with Crippen LogP contribution < -0.4 is 0 Å². The number of hydrogen-bond acceptors (Lipinski definition) is 3. The molecule has 2 aromatic carbocycles. The fraction of sp³-hybridized carbons (Fsp3) is 0.364. The van der Waals surface area contributed by atoms with Crippen molar-refractivity contribution in [3.63, 3.8) is 0 Å². The van der Waals surface area contributed by atoms with Crippen LogP contribution in [-0.2, 0) is 6.18 Å². The fourth-order valence-corrected chi connectivity index (χ4v) is 5.57. The topological polar surface area (TPSA) is 40.6 Å². The van der Waals surface area contributed by atoms with Gasteiger partial charge in [0.1, 0.15) is 0 Å². The van der Waals surface area contributed by atoms with Crippen molar-refractivity contribution in [1.29, 1.82) is 0 Å². The molecule has 30 heavy (non-hydrogen) atoms. The van der Waals surface area contributed by atoms with Crippen molar-refractivity contribution in [3.05, 3.63) is 71.3 Å². The molecule has 2 fully saturated rings. The Hall–Kier alpha value is -2.48. The third-order valence-corrected chi connectivity index (χ3v) is 7.26. The molecule has 4 rings (SSSR count). The zero-order valence-corrected chi connectivity index (χ0v) is 17.0. The molecule has 0 radical (unpaired) electrons. The molecule has 0 saturated carbocycles. The molecule has 0 aromatic heterocycles. The number of benzene rings is 2. The van der Waals surface area contributed by atoms with E-state index in [0.29, 0.717) is 38.0 Å². The Labute approximate surface area is 177 Å². The number of thioether (sulfide) groups is 1. The minimum atomic E-state index is -4.49. The van der Waals surface area contributed by atoms with Crippen molar-refractivity contribution in [1.82, 2.24) is 9.80 Å². The van der Waals surface area contributed by atoms with Gasteiger partial charge in [0.15, 0.2) is 0 Å². The van der Waals surface area contributed by atoms with Gasteiger partial charge in [-0.15, -0.1) is 11.8 Å². The summed E-state index contributed by atoms with van der Waals surface area (Å²) in [7, 11) is 0. The number of piperidine rings is 1. The summed E-state index contributed by atoms with van der Waals surface area (Å²) in [6.07, 6.45) is -3.29. The Kier molecular flexibility index (Phi) is 5.53. The van der Waals surface area contributed by atoms with Crippen molar-refractivity contribution < 1.29 is 22.8 Å². The lowest BCUT2D eigenvalue weighted by molar-refractivity contribution is -0.137. The van der Waals surface area contributed by atoms with Crippen molar-refractivity contribution in [2.45, 2.75) is 23.9 Å². The van der Waals surface area contributed by atoms with Crippen molar-refractivity contribution in [3.8, 4) is 0 Å². The molecule has 0 atom stereocenters. The SMILES string of the molecule is O=C(c1cccc(C(F)(F)F)c1)N1CCC2(CC1)SCCN2C(=O)c1ccccc1. The maximum absolute atomic E-state index is 13.0. The second kappa shape index (κ2) is 7.98. The molecule has 4 nitrogen and oxygen atoms in total. The zero-order valence-electron chi connectivity index (χ0n) is 16.2. The molecule has 2 amide bonds. The molecule has 8 heteroatoms. The van der Waals surface area contributed by atoms with Crippen molar-refractivity contribution in [2.75, 3.05) is 25.4 Å². The van der Waals surface area contributed by atoms with Gasteiger partial charge in [-0.3, -0.25) is 9.59 Å². The molecule has 0 unspecified atom stereocenters. The Morgan fingerprint density at radius 3 is 2.20 bits per heavy atom. The van der Waals surface area contributed by atoms with Gasteiger partial charge in [0.2, 0.25) is 0 Å². The van der Waals surface area contributed by atoms with Gasteiger partial charge in [0.25, 0.3) is 11.8 Å². The van der Waals surface area contributed by atoms with Crippen molar-refractivity contribution >= 4 is 23.6 Å². The van der Waals surface area contributed by atoms with Gasteiger partial charge < -0.3 is 9.80 Å². The van der Waals surface area contributed by atoms with Crippen LogP contribution in [0.2, 0.25) is 0 Å². The third-order valence-electron chi connectivity index (χ3n) is 5.71. The molecular formula is C22H21F3N2O2S. The predicted octanol–water partition coefficient (Wildman–Crippen LogP) is 4.53. The summed E-state index contributed by atoms with van der Waals surface area (Å²) in [5, 5.41) is 0. The summed E-state index contributed by atoms with van der Waals surface area (Å²) in [5.74, 6) is 0.415. The summed E-state index contributed by atoms with van der Waals surface area (Å²) >= 11 is 1.73. The van der Waals surface area contributed by atoms with Crippen LogP contribution in [0.15, 0.2) is 54.6 Å². The maximum atomic E-state index is 13.0. The van der Waals surface area contributed by atoms with Crippen LogP contribution in [-0.4, -0.2) is 51.9 Å². The van der Waals surface area contributed by atoms with E-state index in [4.69, 9.17) is 0 Å². The predicted molar refractivity (Wildman–Crippen MR) is 109 cm³/mol. The first-order valence-corrected chi connectivity index (χ1v) is 10.8. The normalized spacial score (nSPS) is 18.6. The number of rotatable bonds is 2. The average molecular weight is 434 g/mol. The lowest BCUT2D eigenvalue weighted by Gasteiger charge is -2.44. The highest BCUT2D eigenvalue weighted by atomic mass is 32.2. The molecule has 0 aliphatic carbocycles. The van der Waals surface area contributed by atoms with Crippen LogP contribution in [0.3, 0.4) is 0 Å². The molecule has 2 aromatic rings. The van der Waals surface area contributed by atoms with Crippen molar-refractivity contribution in [2.24, 2.45) is 0 Å². The highest BCUT2D eigenvalue weighted by Crippen LogP contribution is 2.44. The first-order valence-electron chi connectivity index (χ1n) is 9.78. The van der Waals surface area contributed by atoms with Gasteiger partial charge >= 0.3 is 6.18 Å². The minimum Gasteiger partial charge on any atom is -0.338 e. The number of halogens is 3. The molecule has 1 spiro atoms. The molecule has 2 saturated heterocycles. The Morgan fingerprint density at radius 1 is 0.867 bits per heavy atom. The van der Waals surface area contributed by atoms with E-state index >= 15 is 0 Å². The smallest absolute Gasteiger partial charge is 0.338 e. The fourth-order valence-electron chi connectivity index (χ4n) is 4.12. The van der Waals surface area contributed by atoms with Crippen LogP contribution in [0.4, 0.5) is 13.2 Å². The van der Waals surface area contributed by atoms with E-state index in [-0.39, 0.29) is 16.3 Å². The van der Waals surface area contributed by atoms with E-state index in [0.717, 1.165) is 17.9 Å². The van der Waals surface area contributed by atoms with Crippen LogP contribution in [0.5, 0.6) is 0 Å². The van der Waals surface area contributed by atoms with E-state index < -0.39 is 17.6 Å². The monoisotopic (exact) mass is 434 g/mol. The number of nitrogens with zero attached hydrogens (tertiary/aromatic N) is 2. The zero-order chi connectivity index (χ0) is 21.4. The highest BCUT2D eigenvalue weighted by molar-refractivity contribution is 8.00. The van der Waals surface area contributed by atoms with Gasteiger partial charge in [-0.25, -0.2) is 0 Å². The molecule has 0 bridgehead atoms. The summed E-state index contributed by atoms with van der Waals surface area (Å²) in [6, 6.07) is 13.7. The van der Waals surface area contributed by atoms with Crippen LogP contribution in [0, 0.1) is 0 Å². The lowest BCUT2D eigenvalue weighted by atomic mass is 9.99. The second-order valence-corrected chi connectivity index (χ2v) is 8.95. The minimum absolute atomic E-state index is 0.0155. The largest absolute Gasteiger partial charge is 0.416 e. The molecule has 158 valence electrons. The first-order chi connectivity index (χ1) is 14.3. The summed E-state index contributed by atoms with van der Waals surface area (Å²) in [5.41, 5.74) is -0.147.